The number of benzene rings is 3. The molecule has 0 bridgehead atoms. The van der Waals surface area contributed by atoms with Crippen LogP contribution in [0.3, 0.4) is 0 Å². The molecular formula is C26H26N2O3. The number of hydrogen-bond acceptors (Lipinski definition) is 3. The first-order valence-electron chi connectivity index (χ1n) is 10.5. The summed E-state index contributed by atoms with van der Waals surface area (Å²) in [6.45, 7) is 4.23. The van der Waals surface area contributed by atoms with Crippen LogP contribution in [-0.4, -0.2) is 18.4 Å². The second-order valence-electron chi connectivity index (χ2n) is 7.94. The molecule has 5 heteroatoms. The van der Waals surface area contributed by atoms with Crippen LogP contribution < -0.4 is 15.4 Å². The number of ether oxygens (including phenoxy) is 1. The van der Waals surface area contributed by atoms with Gasteiger partial charge in [0, 0.05) is 11.3 Å². The number of amides is 2. The number of carbonyl (C=O) groups is 2. The Labute approximate surface area is 182 Å². The third-order valence-corrected chi connectivity index (χ3v) is 5.64. The van der Waals surface area contributed by atoms with E-state index in [9.17, 15) is 9.59 Å². The van der Waals surface area contributed by atoms with Crippen molar-refractivity contribution in [2.24, 2.45) is 5.92 Å². The second kappa shape index (κ2) is 9.04. The van der Waals surface area contributed by atoms with Crippen LogP contribution in [0.4, 0.5) is 5.69 Å². The van der Waals surface area contributed by atoms with Gasteiger partial charge in [-0.15, -0.1) is 0 Å². The van der Waals surface area contributed by atoms with Gasteiger partial charge in [-0.25, -0.2) is 0 Å². The Morgan fingerprint density at radius 2 is 1.74 bits per heavy atom. The van der Waals surface area contributed by atoms with Crippen molar-refractivity contribution in [1.82, 2.24) is 5.32 Å². The lowest BCUT2D eigenvalue weighted by molar-refractivity contribution is -0.126. The van der Waals surface area contributed by atoms with Crippen LogP contribution in [0.1, 0.15) is 40.0 Å². The van der Waals surface area contributed by atoms with Crippen molar-refractivity contribution < 1.29 is 14.3 Å². The van der Waals surface area contributed by atoms with Gasteiger partial charge in [-0.05, 0) is 61.2 Å². The van der Waals surface area contributed by atoms with Crippen molar-refractivity contribution in [3.63, 3.8) is 0 Å². The summed E-state index contributed by atoms with van der Waals surface area (Å²) in [5, 5.41) is 6.03. The van der Waals surface area contributed by atoms with Gasteiger partial charge in [-0.3, -0.25) is 9.59 Å². The Hall–Kier alpha value is -3.60. The summed E-state index contributed by atoms with van der Waals surface area (Å²) in [7, 11) is 0. The third kappa shape index (κ3) is 4.77. The molecule has 1 aliphatic rings. The van der Waals surface area contributed by atoms with E-state index in [4.69, 9.17) is 4.74 Å². The smallest absolute Gasteiger partial charge is 0.255 e. The van der Waals surface area contributed by atoms with Gasteiger partial charge in [0.2, 0.25) is 5.91 Å². The minimum absolute atomic E-state index is 0.0312. The molecule has 2 amide bonds. The Morgan fingerprint density at radius 3 is 2.52 bits per heavy atom. The number of carbonyl (C=O) groups excluding carboxylic acids is 2. The molecule has 0 aliphatic carbocycles. The molecule has 2 atom stereocenters. The standard InChI is InChI=1S/C26H26N2O3/c1-17-8-6-7-11-23(17)26(30)28-22-12-13-24-20(15-22)14-21(16-31-24)25(29)27-18(2)19-9-4-3-5-10-19/h3-13,15,18,21H,14,16H2,1-2H3,(H,27,29)(H,28,30). The monoisotopic (exact) mass is 414 g/mol. The van der Waals surface area contributed by atoms with E-state index >= 15 is 0 Å². The van der Waals surface area contributed by atoms with E-state index in [0.717, 1.165) is 22.4 Å². The average molecular weight is 415 g/mol. The quantitative estimate of drug-likeness (QED) is 0.637. The maximum atomic E-state index is 12.8. The summed E-state index contributed by atoms with van der Waals surface area (Å²) in [6.07, 6.45) is 0.566. The first kappa shape index (κ1) is 20.7. The highest BCUT2D eigenvalue weighted by Crippen LogP contribution is 2.30. The van der Waals surface area contributed by atoms with Gasteiger partial charge < -0.3 is 15.4 Å². The summed E-state index contributed by atoms with van der Waals surface area (Å²) in [4.78, 5) is 25.4. The van der Waals surface area contributed by atoms with Crippen molar-refractivity contribution >= 4 is 17.5 Å². The van der Waals surface area contributed by atoms with Crippen molar-refractivity contribution in [2.45, 2.75) is 26.3 Å². The predicted molar refractivity (Wildman–Crippen MR) is 121 cm³/mol. The lowest BCUT2D eigenvalue weighted by Crippen LogP contribution is -2.38. The maximum absolute atomic E-state index is 12.8. The molecule has 5 nitrogen and oxygen atoms in total. The highest BCUT2D eigenvalue weighted by molar-refractivity contribution is 6.05. The number of fused-ring (bicyclic) bond motifs is 1. The number of nitrogens with one attached hydrogen (secondary N) is 2. The molecule has 0 aromatic heterocycles. The normalized spacial score (nSPS) is 15.9. The minimum atomic E-state index is -0.277. The fourth-order valence-electron chi connectivity index (χ4n) is 3.82. The van der Waals surface area contributed by atoms with Crippen LogP contribution in [0.5, 0.6) is 5.75 Å². The molecule has 4 rings (SSSR count). The van der Waals surface area contributed by atoms with E-state index in [1.54, 1.807) is 6.07 Å². The van der Waals surface area contributed by atoms with Crippen molar-refractivity contribution in [1.29, 1.82) is 0 Å². The third-order valence-electron chi connectivity index (χ3n) is 5.64. The highest BCUT2D eigenvalue weighted by Gasteiger charge is 2.27. The van der Waals surface area contributed by atoms with Gasteiger partial charge >= 0.3 is 0 Å². The van der Waals surface area contributed by atoms with E-state index in [1.807, 2.05) is 80.6 Å². The highest BCUT2D eigenvalue weighted by atomic mass is 16.5. The van der Waals surface area contributed by atoms with Crippen molar-refractivity contribution in [3.8, 4) is 5.75 Å². The first-order valence-corrected chi connectivity index (χ1v) is 10.5. The van der Waals surface area contributed by atoms with Gasteiger partial charge in [-0.1, -0.05) is 48.5 Å². The molecule has 0 saturated carbocycles. The number of anilines is 1. The predicted octanol–water partition coefficient (Wildman–Crippen LogP) is 4.68. The molecule has 158 valence electrons. The van der Waals surface area contributed by atoms with E-state index in [-0.39, 0.29) is 23.8 Å². The maximum Gasteiger partial charge on any atom is 0.255 e. The second-order valence-corrected chi connectivity index (χ2v) is 7.94. The Bertz CT molecular complexity index is 1090. The lowest BCUT2D eigenvalue weighted by atomic mass is 9.95. The van der Waals surface area contributed by atoms with Crippen LogP contribution in [-0.2, 0) is 11.2 Å². The molecule has 1 aliphatic heterocycles. The molecule has 31 heavy (non-hydrogen) atoms. The number of aryl methyl sites for hydroxylation is 1. The summed E-state index contributed by atoms with van der Waals surface area (Å²) >= 11 is 0. The van der Waals surface area contributed by atoms with Crippen molar-refractivity contribution in [3.05, 3.63) is 95.1 Å². The average Bonchev–Trinajstić information content (AvgIpc) is 2.79. The molecule has 1 heterocycles. The largest absolute Gasteiger partial charge is 0.492 e. The summed E-state index contributed by atoms with van der Waals surface area (Å²) in [6, 6.07) is 22.9. The van der Waals surface area contributed by atoms with Crippen LogP contribution in [0, 0.1) is 12.8 Å². The SMILES string of the molecule is Cc1ccccc1C(=O)Nc1ccc2c(c1)CC(C(=O)NC(C)c1ccccc1)CO2. The summed E-state index contributed by atoms with van der Waals surface area (Å²) < 4.78 is 5.83. The molecule has 0 saturated heterocycles. The van der Waals surface area contributed by atoms with E-state index in [1.165, 1.54) is 0 Å². The van der Waals surface area contributed by atoms with E-state index < -0.39 is 0 Å². The van der Waals surface area contributed by atoms with E-state index in [0.29, 0.717) is 24.3 Å². The molecular weight excluding hydrogens is 388 g/mol. The molecule has 3 aromatic carbocycles. The fraction of sp³-hybridized carbons (Fsp3) is 0.231. The van der Waals surface area contributed by atoms with Gasteiger partial charge in [0.1, 0.15) is 12.4 Å². The van der Waals surface area contributed by atoms with Crippen molar-refractivity contribution in [2.75, 3.05) is 11.9 Å². The Kier molecular flexibility index (Phi) is 6.03. The van der Waals surface area contributed by atoms with Crippen LogP contribution in [0.2, 0.25) is 0 Å². The van der Waals surface area contributed by atoms with E-state index in [2.05, 4.69) is 10.6 Å². The molecule has 2 N–H and O–H groups in total. The van der Waals surface area contributed by atoms with Crippen LogP contribution in [0.25, 0.3) is 0 Å². The molecule has 0 spiro atoms. The zero-order valence-corrected chi connectivity index (χ0v) is 17.7. The fourth-order valence-corrected chi connectivity index (χ4v) is 3.82. The molecule has 0 fully saturated rings. The molecule has 0 radical (unpaired) electrons. The van der Waals surface area contributed by atoms with Gasteiger partial charge in [0.05, 0.1) is 12.0 Å². The number of hydrogen-bond donors (Lipinski definition) is 2. The Balaban J connectivity index is 1.43. The van der Waals surface area contributed by atoms with Gasteiger partial charge in [-0.2, -0.15) is 0 Å². The van der Waals surface area contributed by atoms with Crippen LogP contribution in [0.15, 0.2) is 72.8 Å². The summed E-state index contributed by atoms with van der Waals surface area (Å²) in [5.74, 6) is 0.298. The molecule has 3 aromatic rings. The minimum Gasteiger partial charge on any atom is -0.492 e. The topological polar surface area (TPSA) is 67.4 Å². The van der Waals surface area contributed by atoms with Crippen LogP contribution >= 0.6 is 0 Å². The Morgan fingerprint density at radius 1 is 1.00 bits per heavy atom. The summed E-state index contributed by atoms with van der Waals surface area (Å²) in [5.41, 5.74) is 4.24. The van der Waals surface area contributed by atoms with Gasteiger partial charge in [0.15, 0.2) is 0 Å². The first-order chi connectivity index (χ1) is 15.0. The van der Waals surface area contributed by atoms with Gasteiger partial charge in [0.25, 0.3) is 5.91 Å². The molecule has 2 unspecified atom stereocenters. The lowest BCUT2D eigenvalue weighted by Gasteiger charge is -2.26. The zero-order valence-electron chi connectivity index (χ0n) is 17.7. The zero-order chi connectivity index (χ0) is 21.8. The number of rotatable bonds is 5.